The molecule has 0 saturated carbocycles. The molecule has 1 aromatic carbocycles. The van der Waals surface area contributed by atoms with Crippen LogP contribution in [0.25, 0.3) is 11.5 Å². The second-order valence-electron chi connectivity index (χ2n) is 5.51. The molecule has 1 aliphatic rings. The predicted octanol–water partition coefficient (Wildman–Crippen LogP) is 2.73. The third-order valence-electron chi connectivity index (χ3n) is 3.93. The van der Waals surface area contributed by atoms with Gasteiger partial charge in [-0.25, -0.2) is 0 Å². The van der Waals surface area contributed by atoms with E-state index in [9.17, 15) is 8.42 Å². The van der Waals surface area contributed by atoms with Crippen LogP contribution in [0, 0.1) is 6.92 Å². The molecule has 4 rings (SSSR count). The summed E-state index contributed by atoms with van der Waals surface area (Å²) in [5.74, 6) is 0.431. The number of H-pyrrole nitrogens is 1. The molecule has 0 spiro atoms. The first kappa shape index (κ1) is 14.1. The Morgan fingerprint density at radius 2 is 2.04 bits per heavy atom. The Bertz CT molecular complexity index is 972. The Labute approximate surface area is 133 Å². The minimum Gasteiger partial charge on any atom is -0.441 e. The van der Waals surface area contributed by atoms with E-state index < -0.39 is 10.0 Å². The molecule has 1 N–H and O–H groups in total. The summed E-state index contributed by atoms with van der Waals surface area (Å²) >= 11 is 0. The molecule has 0 fully saturated rings. The summed E-state index contributed by atoms with van der Waals surface area (Å²) in [7, 11) is -3.70. The number of hydrogen-bond donors (Lipinski definition) is 1. The number of fused-ring (bicyclic) bond motifs is 1. The Morgan fingerprint density at radius 3 is 2.83 bits per heavy atom. The van der Waals surface area contributed by atoms with Gasteiger partial charge in [0.1, 0.15) is 5.69 Å². The van der Waals surface area contributed by atoms with E-state index in [0.717, 1.165) is 16.9 Å². The average Bonchev–Trinajstić information content (AvgIpc) is 3.25. The number of aryl methyl sites for hydroxylation is 1. The van der Waals surface area contributed by atoms with Crippen LogP contribution in [0.1, 0.15) is 11.3 Å². The Balaban J connectivity index is 1.72. The molecule has 7 heteroatoms. The summed E-state index contributed by atoms with van der Waals surface area (Å²) in [5, 5.41) is 6.84. The van der Waals surface area contributed by atoms with E-state index in [1.165, 1.54) is 10.4 Å². The molecule has 0 unspecified atom stereocenters. The van der Waals surface area contributed by atoms with Gasteiger partial charge in [0.2, 0.25) is 5.09 Å². The second kappa shape index (κ2) is 4.99. The highest BCUT2D eigenvalue weighted by Crippen LogP contribution is 2.34. The summed E-state index contributed by atoms with van der Waals surface area (Å²) in [6.07, 6.45) is 0.710. The third kappa shape index (κ3) is 2.24. The molecule has 0 amide bonds. The zero-order valence-corrected chi connectivity index (χ0v) is 13.3. The highest BCUT2D eigenvalue weighted by molar-refractivity contribution is 7.92. The van der Waals surface area contributed by atoms with Crippen molar-refractivity contribution in [3.05, 3.63) is 53.7 Å². The first-order chi connectivity index (χ1) is 11.1. The maximum atomic E-state index is 12.9. The van der Waals surface area contributed by atoms with Crippen molar-refractivity contribution in [2.45, 2.75) is 18.4 Å². The van der Waals surface area contributed by atoms with Gasteiger partial charge in [-0.1, -0.05) is 18.2 Å². The molecule has 2 aromatic heterocycles. The van der Waals surface area contributed by atoms with Crippen LogP contribution < -0.4 is 4.31 Å². The van der Waals surface area contributed by atoms with E-state index in [2.05, 4.69) is 10.2 Å². The summed E-state index contributed by atoms with van der Waals surface area (Å²) in [6.45, 7) is 2.30. The van der Waals surface area contributed by atoms with Gasteiger partial charge in [0.25, 0.3) is 10.0 Å². The van der Waals surface area contributed by atoms with Gasteiger partial charge in [0.05, 0.1) is 5.69 Å². The quantitative estimate of drug-likeness (QED) is 0.801. The van der Waals surface area contributed by atoms with Crippen molar-refractivity contribution in [1.29, 1.82) is 0 Å². The van der Waals surface area contributed by atoms with E-state index in [0.29, 0.717) is 24.4 Å². The van der Waals surface area contributed by atoms with Crippen molar-refractivity contribution in [3.8, 4) is 11.5 Å². The van der Waals surface area contributed by atoms with Crippen LogP contribution in [-0.4, -0.2) is 25.2 Å². The first-order valence-electron chi connectivity index (χ1n) is 7.28. The number of benzene rings is 1. The predicted molar refractivity (Wildman–Crippen MR) is 85.7 cm³/mol. The minimum atomic E-state index is -3.70. The van der Waals surface area contributed by atoms with Gasteiger partial charge < -0.3 is 4.42 Å². The van der Waals surface area contributed by atoms with Crippen molar-refractivity contribution >= 4 is 15.7 Å². The molecule has 3 heterocycles. The molecule has 118 valence electrons. The number of nitrogens with zero attached hydrogens (tertiary/aromatic N) is 2. The van der Waals surface area contributed by atoms with E-state index in [1.54, 1.807) is 12.1 Å². The summed E-state index contributed by atoms with van der Waals surface area (Å²) < 4.78 is 32.7. The number of rotatable bonds is 3. The molecular weight excluding hydrogens is 314 g/mol. The van der Waals surface area contributed by atoms with Gasteiger partial charge in [0, 0.05) is 12.2 Å². The van der Waals surface area contributed by atoms with Crippen molar-refractivity contribution in [1.82, 2.24) is 10.2 Å². The van der Waals surface area contributed by atoms with Crippen LogP contribution >= 0.6 is 0 Å². The monoisotopic (exact) mass is 329 g/mol. The third-order valence-corrected chi connectivity index (χ3v) is 5.62. The Morgan fingerprint density at radius 1 is 1.22 bits per heavy atom. The second-order valence-corrected chi connectivity index (χ2v) is 7.30. The summed E-state index contributed by atoms with van der Waals surface area (Å²) in [4.78, 5) is 0. The molecule has 0 bridgehead atoms. The lowest BCUT2D eigenvalue weighted by molar-refractivity contribution is 0.458. The van der Waals surface area contributed by atoms with Gasteiger partial charge in [-0.15, -0.1) is 0 Å². The standard InChI is InChI=1S/C16H15N3O3S/c1-11-10-13(18-17-11)15-6-7-16(22-15)23(20,21)19-9-8-12-4-2-3-5-14(12)19/h2-7,10H,8-9H2,1H3,(H,17,18). The lowest BCUT2D eigenvalue weighted by Crippen LogP contribution is -2.28. The van der Waals surface area contributed by atoms with Crippen molar-refractivity contribution < 1.29 is 12.8 Å². The van der Waals surface area contributed by atoms with E-state index in [1.807, 2.05) is 31.2 Å². The molecule has 1 aliphatic heterocycles. The topological polar surface area (TPSA) is 79.2 Å². The van der Waals surface area contributed by atoms with Crippen LogP contribution in [0.15, 0.2) is 52.0 Å². The maximum Gasteiger partial charge on any atom is 0.297 e. The molecule has 23 heavy (non-hydrogen) atoms. The van der Waals surface area contributed by atoms with Gasteiger partial charge in [0.15, 0.2) is 5.76 Å². The molecule has 3 aromatic rings. The molecular formula is C16H15N3O3S. The fourth-order valence-electron chi connectivity index (χ4n) is 2.81. The summed E-state index contributed by atoms with van der Waals surface area (Å²) in [6, 6.07) is 12.4. The van der Waals surface area contributed by atoms with Gasteiger partial charge in [-0.05, 0) is 43.2 Å². The highest BCUT2D eigenvalue weighted by atomic mass is 32.2. The fraction of sp³-hybridized carbons (Fsp3) is 0.188. The zero-order valence-electron chi connectivity index (χ0n) is 12.5. The van der Waals surface area contributed by atoms with Gasteiger partial charge >= 0.3 is 0 Å². The van der Waals surface area contributed by atoms with Crippen LogP contribution in [0.2, 0.25) is 0 Å². The number of aromatic nitrogens is 2. The first-order valence-corrected chi connectivity index (χ1v) is 8.72. The number of sulfonamides is 1. The Kier molecular flexibility index (Phi) is 3.05. The number of hydrogen-bond acceptors (Lipinski definition) is 4. The number of nitrogens with one attached hydrogen (secondary N) is 1. The number of furan rings is 1. The molecule has 0 radical (unpaired) electrons. The van der Waals surface area contributed by atoms with E-state index >= 15 is 0 Å². The fourth-order valence-corrected chi connectivity index (χ4v) is 4.23. The molecule has 0 aliphatic carbocycles. The number of aromatic amines is 1. The van der Waals surface area contributed by atoms with Crippen LogP contribution in [0.3, 0.4) is 0 Å². The smallest absolute Gasteiger partial charge is 0.297 e. The SMILES string of the molecule is Cc1cc(-c2ccc(S(=O)(=O)N3CCc4ccccc43)o2)n[nH]1. The van der Waals surface area contributed by atoms with Gasteiger partial charge in [-0.3, -0.25) is 9.40 Å². The van der Waals surface area contributed by atoms with Crippen LogP contribution in [0.5, 0.6) is 0 Å². The molecule has 0 saturated heterocycles. The maximum absolute atomic E-state index is 12.9. The van der Waals surface area contributed by atoms with Crippen LogP contribution in [-0.2, 0) is 16.4 Å². The number of para-hydroxylation sites is 1. The Hall–Kier alpha value is -2.54. The summed E-state index contributed by atoms with van der Waals surface area (Å²) in [5.41, 5.74) is 3.23. The van der Waals surface area contributed by atoms with Crippen molar-refractivity contribution in [2.75, 3.05) is 10.8 Å². The largest absolute Gasteiger partial charge is 0.441 e. The van der Waals surface area contributed by atoms with Crippen LogP contribution in [0.4, 0.5) is 5.69 Å². The van der Waals surface area contributed by atoms with E-state index in [-0.39, 0.29) is 5.09 Å². The molecule has 0 atom stereocenters. The normalized spacial score (nSPS) is 14.2. The number of anilines is 1. The van der Waals surface area contributed by atoms with E-state index in [4.69, 9.17) is 4.42 Å². The minimum absolute atomic E-state index is 0.0649. The average molecular weight is 329 g/mol. The lowest BCUT2D eigenvalue weighted by atomic mass is 10.2. The molecule has 6 nitrogen and oxygen atoms in total. The lowest BCUT2D eigenvalue weighted by Gasteiger charge is -2.17. The van der Waals surface area contributed by atoms with Gasteiger partial charge in [-0.2, -0.15) is 13.5 Å². The highest BCUT2D eigenvalue weighted by Gasteiger charge is 2.33. The van der Waals surface area contributed by atoms with Crippen molar-refractivity contribution in [2.24, 2.45) is 0 Å². The van der Waals surface area contributed by atoms with Crippen molar-refractivity contribution in [3.63, 3.8) is 0 Å². The zero-order chi connectivity index (χ0) is 16.0.